The van der Waals surface area contributed by atoms with Gasteiger partial charge in [0.25, 0.3) is 0 Å². The van der Waals surface area contributed by atoms with Crippen molar-refractivity contribution in [2.24, 2.45) is 5.41 Å². The molecule has 4 heteroatoms. The summed E-state index contributed by atoms with van der Waals surface area (Å²) in [7, 11) is 0. The number of nitrogens with zero attached hydrogens (tertiary/aromatic N) is 1. The Balaban J connectivity index is 2.47. The highest BCUT2D eigenvalue weighted by Gasteiger charge is 2.15. The summed E-state index contributed by atoms with van der Waals surface area (Å²) in [6, 6.07) is 6.66. The van der Waals surface area contributed by atoms with Crippen molar-refractivity contribution in [1.29, 1.82) is 5.26 Å². The zero-order chi connectivity index (χ0) is 14.5. The molecule has 3 nitrogen and oxygen atoms in total. The molecule has 0 spiro atoms. The van der Waals surface area contributed by atoms with E-state index in [1.807, 2.05) is 13.8 Å². The van der Waals surface area contributed by atoms with Crippen molar-refractivity contribution in [2.45, 2.75) is 39.7 Å². The average molecular weight is 265 g/mol. The lowest BCUT2D eigenvalue weighted by Gasteiger charge is -2.15. The highest BCUT2D eigenvalue weighted by Crippen LogP contribution is 2.23. The summed E-state index contributed by atoms with van der Waals surface area (Å²) in [4.78, 5) is 0. The SMILES string of the molecule is C[C@@H](O)c1ccc(OCCCC(C)(C)C#N)cc1F. The number of ether oxygens (including phenoxy) is 1. The lowest BCUT2D eigenvalue weighted by atomic mass is 9.90. The van der Waals surface area contributed by atoms with Crippen LogP contribution in [0.3, 0.4) is 0 Å². The van der Waals surface area contributed by atoms with Crippen LogP contribution in [0.1, 0.15) is 45.3 Å². The Kier molecular flexibility index (Phi) is 5.31. The van der Waals surface area contributed by atoms with E-state index >= 15 is 0 Å². The number of rotatable bonds is 6. The van der Waals surface area contributed by atoms with Crippen molar-refractivity contribution in [3.05, 3.63) is 29.6 Å². The zero-order valence-electron chi connectivity index (χ0n) is 11.6. The Morgan fingerprint density at radius 1 is 1.47 bits per heavy atom. The number of halogens is 1. The minimum absolute atomic E-state index is 0.262. The van der Waals surface area contributed by atoms with Crippen LogP contribution in [0.4, 0.5) is 4.39 Å². The van der Waals surface area contributed by atoms with E-state index in [-0.39, 0.29) is 11.0 Å². The quantitative estimate of drug-likeness (QED) is 0.800. The summed E-state index contributed by atoms with van der Waals surface area (Å²) in [5, 5.41) is 18.2. The summed E-state index contributed by atoms with van der Waals surface area (Å²) >= 11 is 0. The van der Waals surface area contributed by atoms with Gasteiger partial charge in [0.2, 0.25) is 0 Å². The van der Waals surface area contributed by atoms with Gasteiger partial charge >= 0.3 is 0 Å². The Bertz CT molecular complexity index is 464. The van der Waals surface area contributed by atoms with E-state index in [1.54, 1.807) is 6.07 Å². The Morgan fingerprint density at radius 2 is 2.16 bits per heavy atom. The fraction of sp³-hybridized carbons (Fsp3) is 0.533. The first-order valence-electron chi connectivity index (χ1n) is 6.37. The number of nitriles is 1. The minimum atomic E-state index is -0.828. The zero-order valence-corrected chi connectivity index (χ0v) is 11.6. The van der Waals surface area contributed by atoms with Crippen LogP contribution in [0.2, 0.25) is 0 Å². The third kappa shape index (κ3) is 4.88. The van der Waals surface area contributed by atoms with E-state index in [0.717, 1.165) is 12.8 Å². The van der Waals surface area contributed by atoms with Gasteiger partial charge < -0.3 is 9.84 Å². The van der Waals surface area contributed by atoms with Crippen molar-refractivity contribution < 1.29 is 14.2 Å². The van der Waals surface area contributed by atoms with Gasteiger partial charge in [-0.2, -0.15) is 5.26 Å². The maximum Gasteiger partial charge on any atom is 0.132 e. The van der Waals surface area contributed by atoms with E-state index < -0.39 is 11.9 Å². The van der Waals surface area contributed by atoms with E-state index in [9.17, 15) is 9.50 Å². The molecule has 0 aliphatic rings. The summed E-state index contributed by atoms with van der Waals surface area (Å²) in [6.45, 7) is 5.72. The third-order valence-electron chi connectivity index (χ3n) is 2.94. The maximum absolute atomic E-state index is 13.6. The molecule has 104 valence electrons. The minimum Gasteiger partial charge on any atom is -0.493 e. The summed E-state index contributed by atoms with van der Waals surface area (Å²) < 4.78 is 19.0. The molecule has 0 radical (unpaired) electrons. The fourth-order valence-corrected chi connectivity index (χ4v) is 1.70. The second-order valence-electron chi connectivity index (χ2n) is 5.31. The van der Waals surface area contributed by atoms with Crippen LogP contribution in [0, 0.1) is 22.6 Å². The van der Waals surface area contributed by atoms with Crippen molar-refractivity contribution in [3.63, 3.8) is 0 Å². The number of benzene rings is 1. The molecule has 0 aliphatic carbocycles. The van der Waals surface area contributed by atoms with Crippen LogP contribution >= 0.6 is 0 Å². The third-order valence-corrected chi connectivity index (χ3v) is 2.94. The van der Waals surface area contributed by atoms with E-state index in [1.165, 1.54) is 19.1 Å². The first-order valence-corrected chi connectivity index (χ1v) is 6.37. The van der Waals surface area contributed by atoms with Gasteiger partial charge in [-0.1, -0.05) is 0 Å². The Labute approximate surface area is 113 Å². The maximum atomic E-state index is 13.6. The van der Waals surface area contributed by atoms with E-state index in [2.05, 4.69) is 6.07 Å². The molecule has 1 N–H and O–H groups in total. The number of hydrogen-bond acceptors (Lipinski definition) is 3. The van der Waals surface area contributed by atoms with Gasteiger partial charge in [0.1, 0.15) is 11.6 Å². The second kappa shape index (κ2) is 6.53. The van der Waals surface area contributed by atoms with Crippen LogP contribution in [0.25, 0.3) is 0 Å². The normalized spacial score (nSPS) is 12.8. The lowest BCUT2D eigenvalue weighted by molar-refractivity contribution is 0.193. The van der Waals surface area contributed by atoms with Gasteiger partial charge in [-0.05, 0) is 45.7 Å². The van der Waals surface area contributed by atoms with Crippen LogP contribution in [-0.4, -0.2) is 11.7 Å². The van der Waals surface area contributed by atoms with E-state index in [0.29, 0.717) is 12.4 Å². The van der Waals surface area contributed by atoms with Gasteiger partial charge in [-0.3, -0.25) is 0 Å². The Hall–Kier alpha value is -1.60. The van der Waals surface area contributed by atoms with Crippen LogP contribution in [-0.2, 0) is 0 Å². The highest BCUT2D eigenvalue weighted by molar-refractivity contribution is 5.29. The molecule has 1 rings (SSSR count). The van der Waals surface area contributed by atoms with Gasteiger partial charge in [0.15, 0.2) is 0 Å². The van der Waals surface area contributed by atoms with Crippen LogP contribution in [0.15, 0.2) is 18.2 Å². The van der Waals surface area contributed by atoms with Gasteiger partial charge in [-0.15, -0.1) is 0 Å². The molecule has 19 heavy (non-hydrogen) atoms. The first-order chi connectivity index (χ1) is 8.85. The van der Waals surface area contributed by atoms with E-state index in [4.69, 9.17) is 10.00 Å². The topological polar surface area (TPSA) is 53.2 Å². The molecule has 0 aromatic heterocycles. The molecule has 0 saturated carbocycles. The molecular weight excluding hydrogens is 245 g/mol. The highest BCUT2D eigenvalue weighted by atomic mass is 19.1. The molecule has 0 unspecified atom stereocenters. The molecule has 0 fully saturated rings. The van der Waals surface area contributed by atoms with Crippen molar-refractivity contribution in [1.82, 2.24) is 0 Å². The molecule has 1 aromatic rings. The predicted molar refractivity (Wildman–Crippen MR) is 71.2 cm³/mol. The number of aliphatic hydroxyl groups excluding tert-OH is 1. The first kappa shape index (κ1) is 15.5. The summed E-state index contributed by atoms with van der Waals surface area (Å²) in [6.07, 6.45) is 0.642. The summed E-state index contributed by atoms with van der Waals surface area (Å²) in [5.41, 5.74) is -0.0944. The summed E-state index contributed by atoms with van der Waals surface area (Å²) in [5.74, 6) is -0.0264. The van der Waals surface area contributed by atoms with Crippen LogP contribution < -0.4 is 4.74 Å². The fourth-order valence-electron chi connectivity index (χ4n) is 1.70. The number of aliphatic hydroxyl groups is 1. The second-order valence-corrected chi connectivity index (χ2v) is 5.31. The molecule has 0 bridgehead atoms. The van der Waals surface area contributed by atoms with Crippen molar-refractivity contribution >= 4 is 0 Å². The molecule has 0 heterocycles. The standard InChI is InChI=1S/C15H20FNO2/c1-11(18)13-6-5-12(9-14(13)16)19-8-4-7-15(2,3)10-17/h5-6,9,11,18H,4,7-8H2,1-3H3/t11-/m1/s1. The Morgan fingerprint density at radius 3 is 2.68 bits per heavy atom. The van der Waals surface area contributed by atoms with Gasteiger partial charge in [-0.25, -0.2) is 4.39 Å². The number of hydrogen-bond donors (Lipinski definition) is 1. The molecule has 0 amide bonds. The molecule has 1 aromatic carbocycles. The smallest absolute Gasteiger partial charge is 0.132 e. The molecule has 0 aliphatic heterocycles. The van der Waals surface area contributed by atoms with Gasteiger partial charge in [0, 0.05) is 11.6 Å². The largest absolute Gasteiger partial charge is 0.493 e. The molecule has 0 saturated heterocycles. The monoisotopic (exact) mass is 265 g/mol. The van der Waals surface area contributed by atoms with Crippen LogP contribution in [0.5, 0.6) is 5.75 Å². The molecule has 1 atom stereocenters. The molecular formula is C15H20FNO2. The van der Waals surface area contributed by atoms with Gasteiger partial charge in [0.05, 0.1) is 24.2 Å². The average Bonchev–Trinajstić information content (AvgIpc) is 2.34. The van der Waals surface area contributed by atoms with Crippen molar-refractivity contribution in [3.8, 4) is 11.8 Å². The lowest BCUT2D eigenvalue weighted by Crippen LogP contribution is -2.10. The predicted octanol–water partition coefficient (Wildman–Crippen LogP) is 3.59. The van der Waals surface area contributed by atoms with Crippen molar-refractivity contribution in [2.75, 3.05) is 6.61 Å².